The molecule has 2 rings (SSSR count). The second-order valence-electron chi connectivity index (χ2n) is 7.58. The first-order chi connectivity index (χ1) is 11.8. The Labute approximate surface area is 151 Å². The predicted octanol–water partition coefficient (Wildman–Crippen LogP) is 5.60. The molecule has 1 aromatic rings. The fourth-order valence-corrected chi connectivity index (χ4v) is 3.23. The number of Topliss-reactive ketones (excluding diaryl/α,β-unsaturated/α-hetero) is 1. The van der Waals surface area contributed by atoms with Gasteiger partial charge in [0, 0.05) is 12.8 Å². The third-order valence-corrected chi connectivity index (χ3v) is 4.46. The minimum Gasteiger partial charge on any atom is -0.507 e. The van der Waals surface area contributed by atoms with E-state index in [0.717, 1.165) is 35.3 Å². The molecule has 0 spiro atoms. The fraction of sp³-hybridized carbons (Fsp3) is 0.500. The van der Waals surface area contributed by atoms with E-state index < -0.39 is 0 Å². The first kappa shape index (κ1) is 19.3. The number of phenols is 1. The molecule has 136 valence electrons. The third-order valence-electron chi connectivity index (χ3n) is 4.46. The van der Waals surface area contributed by atoms with Gasteiger partial charge in [-0.05, 0) is 68.9 Å². The molecule has 1 aliphatic heterocycles. The van der Waals surface area contributed by atoms with Gasteiger partial charge in [0.1, 0.15) is 23.4 Å². The van der Waals surface area contributed by atoms with Gasteiger partial charge in [-0.3, -0.25) is 4.79 Å². The number of rotatable bonds is 7. The number of phenolic OH excluding ortho intramolecular Hbond substituents is 1. The van der Waals surface area contributed by atoms with Crippen molar-refractivity contribution in [3.8, 4) is 11.5 Å². The molecule has 25 heavy (non-hydrogen) atoms. The van der Waals surface area contributed by atoms with Gasteiger partial charge in [-0.2, -0.15) is 0 Å². The SMILES string of the molecule is C/C(=C\CCC1=Cc2c(O)cc(C)cc2O[C@@H]1C)CC(=O)CC(C)C. The molecule has 1 N–H and O–H groups in total. The summed E-state index contributed by atoms with van der Waals surface area (Å²) in [6.07, 6.45) is 7.14. The quantitative estimate of drug-likeness (QED) is 0.656. The minimum atomic E-state index is 0.00461. The lowest BCUT2D eigenvalue weighted by Crippen LogP contribution is -2.19. The molecule has 0 amide bonds. The van der Waals surface area contributed by atoms with Crippen molar-refractivity contribution >= 4 is 11.9 Å². The van der Waals surface area contributed by atoms with Crippen molar-refractivity contribution in [1.82, 2.24) is 0 Å². The molecule has 0 aromatic heterocycles. The van der Waals surface area contributed by atoms with Crippen molar-refractivity contribution in [2.24, 2.45) is 5.92 Å². The van der Waals surface area contributed by atoms with E-state index in [-0.39, 0.29) is 11.9 Å². The molecule has 1 aromatic carbocycles. The Balaban J connectivity index is 1.99. The lowest BCUT2D eigenvalue weighted by Gasteiger charge is -2.25. The summed E-state index contributed by atoms with van der Waals surface area (Å²) >= 11 is 0. The van der Waals surface area contributed by atoms with Crippen LogP contribution >= 0.6 is 0 Å². The molecular weight excluding hydrogens is 312 g/mol. The molecule has 0 bridgehead atoms. The summed E-state index contributed by atoms with van der Waals surface area (Å²) in [5.74, 6) is 1.75. The summed E-state index contributed by atoms with van der Waals surface area (Å²) in [6.45, 7) is 10.2. The normalized spacial score (nSPS) is 17.1. The van der Waals surface area contributed by atoms with E-state index in [9.17, 15) is 9.90 Å². The molecule has 0 saturated carbocycles. The van der Waals surface area contributed by atoms with Gasteiger partial charge in [0.15, 0.2) is 0 Å². The van der Waals surface area contributed by atoms with E-state index in [4.69, 9.17) is 4.74 Å². The number of ether oxygens (including phenoxy) is 1. The van der Waals surface area contributed by atoms with Crippen LogP contribution in [0.1, 0.15) is 64.5 Å². The Morgan fingerprint density at radius 1 is 1.36 bits per heavy atom. The van der Waals surface area contributed by atoms with Gasteiger partial charge >= 0.3 is 0 Å². The minimum absolute atomic E-state index is 0.00461. The van der Waals surface area contributed by atoms with Crippen LogP contribution in [0.3, 0.4) is 0 Å². The third kappa shape index (κ3) is 5.48. The van der Waals surface area contributed by atoms with Crippen molar-refractivity contribution in [2.45, 2.75) is 66.4 Å². The number of fused-ring (bicyclic) bond motifs is 1. The van der Waals surface area contributed by atoms with Gasteiger partial charge < -0.3 is 9.84 Å². The van der Waals surface area contributed by atoms with E-state index in [2.05, 4.69) is 19.9 Å². The summed E-state index contributed by atoms with van der Waals surface area (Å²) in [4.78, 5) is 11.9. The average molecular weight is 342 g/mol. The van der Waals surface area contributed by atoms with E-state index in [0.29, 0.717) is 24.5 Å². The maximum Gasteiger partial charge on any atom is 0.137 e. The summed E-state index contributed by atoms with van der Waals surface area (Å²) < 4.78 is 5.97. The summed E-state index contributed by atoms with van der Waals surface area (Å²) in [6, 6.07) is 3.72. The van der Waals surface area contributed by atoms with Crippen molar-refractivity contribution in [3.63, 3.8) is 0 Å². The zero-order valence-electron chi connectivity index (χ0n) is 16.1. The number of carbonyl (C=O) groups is 1. The Morgan fingerprint density at radius 2 is 2.08 bits per heavy atom. The van der Waals surface area contributed by atoms with E-state index in [1.807, 2.05) is 32.9 Å². The lowest BCUT2D eigenvalue weighted by molar-refractivity contribution is -0.119. The Morgan fingerprint density at radius 3 is 2.76 bits per heavy atom. The number of ketones is 1. The summed E-state index contributed by atoms with van der Waals surface area (Å²) in [5, 5.41) is 10.2. The van der Waals surface area contributed by atoms with Gasteiger partial charge in [-0.1, -0.05) is 25.5 Å². The van der Waals surface area contributed by atoms with Crippen LogP contribution in [0.4, 0.5) is 0 Å². The van der Waals surface area contributed by atoms with Gasteiger partial charge in [0.2, 0.25) is 0 Å². The summed E-state index contributed by atoms with van der Waals surface area (Å²) in [7, 11) is 0. The molecule has 0 saturated heterocycles. The van der Waals surface area contributed by atoms with Crippen molar-refractivity contribution in [3.05, 3.63) is 40.5 Å². The number of carbonyl (C=O) groups excluding carboxylic acids is 1. The summed E-state index contributed by atoms with van der Waals surface area (Å²) in [5.41, 5.74) is 4.06. The van der Waals surface area contributed by atoms with E-state index in [1.165, 1.54) is 5.57 Å². The van der Waals surface area contributed by atoms with Crippen molar-refractivity contribution in [2.75, 3.05) is 0 Å². The number of hydrogen-bond donors (Lipinski definition) is 1. The predicted molar refractivity (Wildman–Crippen MR) is 103 cm³/mol. The van der Waals surface area contributed by atoms with Crippen LogP contribution in [0.2, 0.25) is 0 Å². The highest BCUT2D eigenvalue weighted by atomic mass is 16.5. The maximum atomic E-state index is 11.9. The Hall–Kier alpha value is -2.03. The van der Waals surface area contributed by atoms with Crippen LogP contribution in [-0.4, -0.2) is 17.0 Å². The van der Waals surface area contributed by atoms with Gasteiger partial charge in [-0.25, -0.2) is 0 Å². The Bertz CT molecular complexity index is 695. The zero-order chi connectivity index (χ0) is 18.6. The number of hydrogen-bond acceptors (Lipinski definition) is 3. The highest BCUT2D eigenvalue weighted by Crippen LogP contribution is 2.37. The lowest BCUT2D eigenvalue weighted by atomic mass is 9.96. The number of aromatic hydroxyl groups is 1. The molecule has 3 heteroatoms. The molecule has 1 atom stereocenters. The van der Waals surface area contributed by atoms with Gasteiger partial charge in [-0.15, -0.1) is 0 Å². The largest absolute Gasteiger partial charge is 0.507 e. The molecule has 0 unspecified atom stereocenters. The highest BCUT2D eigenvalue weighted by molar-refractivity contribution is 5.80. The topological polar surface area (TPSA) is 46.5 Å². The molecule has 0 radical (unpaired) electrons. The average Bonchev–Trinajstić information content (AvgIpc) is 2.47. The van der Waals surface area contributed by atoms with Gasteiger partial charge in [0.05, 0.1) is 5.56 Å². The number of allylic oxidation sites excluding steroid dienone is 2. The molecule has 3 nitrogen and oxygen atoms in total. The van der Waals surface area contributed by atoms with Crippen LogP contribution < -0.4 is 4.74 Å². The fourth-order valence-electron chi connectivity index (χ4n) is 3.23. The number of aryl methyl sites for hydroxylation is 1. The van der Waals surface area contributed by atoms with Crippen LogP contribution in [0, 0.1) is 12.8 Å². The van der Waals surface area contributed by atoms with E-state index in [1.54, 1.807) is 6.07 Å². The zero-order valence-corrected chi connectivity index (χ0v) is 16.1. The molecule has 0 aliphatic carbocycles. The smallest absolute Gasteiger partial charge is 0.137 e. The Kier molecular flexibility index (Phi) is 6.46. The maximum absolute atomic E-state index is 11.9. The first-order valence-electron chi connectivity index (χ1n) is 9.14. The molecule has 1 aliphatic rings. The standard InChI is InChI=1S/C22H30O3/c1-14(2)9-19(23)10-15(3)7-6-8-18-13-20-21(24)11-16(4)12-22(20)25-17(18)5/h7,11-14,17,24H,6,8-10H2,1-5H3/b15-7+/t17-/m1/s1. The second kappa shape index (κ2) is 8.37. The van der Waals surface area contributed by atoms with Crippen LogP contribution in [0.5, 0.6) is 11.5 Å². The second-order valence-corrected chi connectivity index (χ2v) is 7.58. The van der Waals surface area contributed by atoms with Crippen LogP contribution in [0.25, 0.3) is 6.08 Å². The van der Waals surface area contributed by atoms with Gasteiger partial charge in [0.25, 0.3) is 0 Å². The highest BCUT2D eigenvalue weighted by Gasteiger charge is 2.20. The molecule has 0 fully saturated rings. The monoisotopic (exact) mass is 342 g/mol. The number of benzene rings is 1. The van der Waals surface area contributed by atoms with E-state index >= 15 is 0 Å². The molecular formula is C22H30O3. The van der Waals surface area contributed by atoms with Crippen LogP contribution in [-0.2, 0) is 4.79 Å². The van der Waals surface area contributed by atoms with Crippen molar-refractivity contribution in [1.29, 1.82) is 0 Å². The first-order valence-corrected chi connectivity index (χ1v) is 9.14. The van der Waals surface area contributed by atoms with Crippen molar-refractivity contribution < 1.29 is 14.6 Å². The molecule has 1 heterocycles. The van der Waals surface area contributed by atoms with Crippen LogP contribution in [0.15, 0.2) is 29.4 Å².